The van der Waals surface area contributed by atoms with Crippen molar-refractivity contribution in [2.75, 3.05) is 10.6 Å². The number of hydrogen-bond donors (Lipinski definition) is 2. The van der Waals surface area contributed by atoms with E-state index in [0.717, 1.165) is 18.6 Å². The van der Waals surface area contributed by atoms with Crippen LogP contribution in [0.25, 0.3) is 0 Å². The summed E-state index contributed by atoms with van der Waals surface area (Å²) >= 11 is 5.61. The second-order valence-electron chi connectivity index (χ2n) is 5.39. The van der Waals surface area contributed by atoms with Gasteiger partial charge in [0.05, 0.1) is 16.8 Å². The van der Waals surface area contributed by atoms with Gasteiger partial charge in [-0.05, 0) is 31.5 Å². The van der Waals surface area contributed by atoms with Crippen LogP contribution >= 0.6 is 11.6 Å². The number of anilines is 2. The molecule has 1 aromatic carbocycles. The third-order valence-electron chi connectivity index (χ3n) is 3.44. The average molecular weight is 373 g/mol. The second-order valence-corrected chi connectivity index (χ2v) is 5.83. The zero-order valence-electron chi connectivity index (χ0n) is 13.5. The SMILES string of the molecule is CCC(C)Nc1ncc(C(=O)Nc2ccc(Cl)cc2C(F)(F)F)cn1. The van der Waals surface area contributed by atoms with E-state index in [1.807, 2.05) is 13.8 Å². The van der Waals surface area contributed by atoms with Crippen molar-refractivity contribution in [3.63, 3.8) is 0 Å². The highest BCUT2D eigenvalue weighted by molar-refractivity contribution is 6.30. The maximum Gasteiger partial charge on any atom is 0.418 e. The molecule has 2 N–H and O–H groups in total. The number of halogens is 4. The molecule has 5 nitrogen and oxygen atoms in total. The minimum Gasteiger partial charge on any atom is -0.352 e. The molecule has 0 aliphatic rings. The zero-order valence-corrected chi connectivity index (χ0v) is 14.2. The Morgan fingerprint density at radius 2 is 1.92 bits per heavy atom. The van der Waals surface area contributed by atoms with E-state index in [-0.39, 0.29) is 22.3 Å². The molecule has 0 fully saturated rings. The van der Waals surface area contributed by atoms with Crippen LogP contribution in [-0.4, -0.2) is 21.9 Å². The Labute approximate surface area is 147 Å². The largest absolute Gasteiger partial charge is 0.418 e. The Bertz CT molecular complexity index is 750. The summed E-state index contributed by atoms with van der Waals surface area (Å²) in [6, 6.07) is 3.28. The van der Waals surface area contributed by atoms with Crippen molar-refractivity contribution in [1.29, 1.82) is 0 Å². The van der Waals surface area contributed by atoms with Crippen LogP contribution in [0.3, 0.4) is 0 Å². The number of amides is 1. The molecule has 0 spiro atoms. The van der Waals surface area contributed by atoms with Crippen LogP contribution in [0.1, 0.15) is 36.2 Å². The van der Waals surface area contributed by atoms with E-state index >= 15 is 0 Å². The minimum absolute atomic E-state index is 0.0396. The highest BCUT2D eigenvalue weighted by Crippen LogP contribution is 2.36. The summed E-state index contributed by atoms with van der Waals surface area (Å²) in [6.45, 7) is 3.94. The lowest BCUT2D eigenvalue weighted by Crippen LogP contribution is -2.18. The highest BCUT2D eigenvalue weighted by Gasteiger charge is 2.34. The normalized spacial score (nSPS) is 12.6. The third kappa shape index (κ3) is 5.06. The van der Waals surface area contributed by atoms with E-state index in [9.17, 15) is 18.0 Å². The maximum absolute atomic E-state index is 13.0. The molecule has 0 aliphatic carbocycles. The predicted molar refractivity (Wildman–Crippen MR) is 89.8 cm³/mol. The van der Waals surface area contributed by atoms with Gasteiger partial charge in [-0.2, -0.15) is 13.2 Å². The van der Waals surface area contributed by atoms with Crippen LogP contribution in [0, 0.1) is 0 Å². The van der Waals surface area contributed by atoms with E-state index in [0.29, 0.717) is 5.95 Å². The quantitative estimate of drug-likeness (QED) is 0.804. The molecule has 2 rings (SSSR count). The summed E-state index contributed by atoms with van der Waals surface area (Å²) in [7, 11) is 0. The van der Waals surface area contributed by atoms with Gasteiger partial charge in [0, 0.05) is 23.5 Å². The first kappa shape index (κ1) is 19.0. The van der Waals surface area contributed by atoms with E-state index in [1.54, 1.807) is 0 Å². The Morgan fingerprint density at radius 3 is 2.48 bits per heavy atom. The first-order valence-electron chi connectivity index (χ1n) is 7.47. The summed E-state index contributed by atoms with van der Waals surface area (Å²) in [4.78, 5) is 20.1. The van der Waals surface area contributed by atoms with E-state index < -0.39 is 17.6 Å². The van der Waals surface area contributed by atoms with E-state index in [1.165, 1.54) is 18.5 Å². The molecule has 0 saturated heterocycles. The van der Waals surface area contributed by atoms with Gasteiger partial charge in [0.1, 0.15) is 0 Å². The molecule has 1 unspecified atom stereocenters. The van der Waals surface area contributed by atoms with Crippen molar-refractivity contribution in [3.05, 3.63) is 46.7 Å². The van der Waals surface area contributed by atoms with Crippen LogP contribution in [0.15, 0.2) is 30.6 Å². The Morgan fingerprint density at radius 1 is 1.28 bits per heavy atom. The maximum atomic E-state index is 13.0. The van der Waals surface area contributed by atoms with Crippen LogP contribution in [-0.2, 0) is 6.18 Å². The molecule has 9 heteroatoms. The van der Waals surface area contributed by atoms with E-state index in [2.05, 4.69) is 20.6 Å². The lowest BCUT2D eigenvalue weighted by atomic mass is 10.1. The molecule has 1 heterocycles. The molecular weight excluding hydrogens is 357 g/mol. The standard InChI is InChI=1S/C16H16ClF3N4O/c1-3-9(2)23-15-21-7-10(8-22-15)14(25)24-13-5-4-11(17)6-12(13)16(18,19)20/h4-9H,3H2,1-2H3,(H,24,25)(H,21,22,23). The van der Waals surface area contributed by atoms with Gasteiger partial charge in [0.25, 0.3) is 5.91 Å². The second kappa shape index (κ2) is 7.69. The molecule has 2 aromatic rings. The number of rotatable bonds is 5. The zero-order chi connectivity index (χ0) is 18.6. The van der Waals surface area contributed by atoms with Crippen molar-refractivity contribution in [3.8, 4) is 0 Å². The number of carbonyl (C=O) groups excluding carboxylic acids is 1. The fourth-order valence-corrected chi connectivity index (χ4v) is 2.07. The van der Waals surface area contributed by atoms with Crippen LogP contribution in [0.5, 0.6) is 0 Å². The number of nitrogens with one attached hydrogen (secondary N) is 2. The summed E-state index contributed by atoms with van der Waals surface area (Å²) in [6.07, 6.45) is -1.29. The molecule has 1 atom stereocenters. The molecule has 0 radical (unpaired) electrons. The number of alkyl halides is 3. The fraction of sp³-hybridized carbons (Fsp3) is 0.312. The first-order valence-corrected chi connectivity index (χ1v) is 7.85. The van der Waals surface area contributed by atoms with Gasteiger partial charge < -0.3 is 10.6 Å². The summed E-state index contributed by atoms with van der Waals surface area (Å²) in [5.74, 6) is -0.406. The minimum atomic E-state index is -4.64. The Hall–Kier alpha value is -2.35. The topological polar surface area (TPSA) is 66.9 Å². The highest BCUT2D eigenvalue weighted by atomic mass is 35.5. The monoisotopic (exact) mass is 372 g/mol. The van der Waals surface area contributed by atoms with Crippen molar-refractivity contribution in [2.45, 2.75) is 32.5 Å². The Kier molecular flexibility index (Phi) is 5.84. The van der Waals surface area contributed by atoms with Gasteiger partial charge in [0.2, 0.25) is 5.95 Å². The van der Waals surface area contributed by atoms with Gasteiger partial charge in [0.15, 0.2) is 0 Å². The summed E-state index contributed by atoms with van der Waals surface area (Å²) in [5.41, 5.74) is -1.37. The number of nitrogens with zero attached hydrogens (tertiary/aromatic N) is 2. The molecular formula is C16H16ClF3N4O. The molecule has 25 heavy (non-hydrogen) atoms. The summed E-state index contributed by atoms with van der Waals surface area (Å²) in [5, 5.41) is 5.16. The van der Waals surface area contributed by atoms with Crippen LogP contribution in [0.4, 0.5) is 24.8 Å². The van der Waals surface area contributed by atoms with Crippen molar-refractivity contribution in [1.82, 2.24) is 9.97 Å². The van der Waals surface area contributed by atoms with Crippen LogP contribution < -0.4 is 10.6 Å². The molecule has 1 amide bonds. The fourth-order valence-electron chi connectivity index (χ4n) is 1.90. The number of benzene rings is 1. The lowest BCUT2D eigenvalue weighted by Gasteiger charge is -2.14. The van der Waals surface area contributed by atoms with Crippen molar-refractivity contribution < 1.29 is 18.0 Å². The smallest absolute Gasteiger partial charge is 0.352 e. The van der Waals surface area contributed by atoms with Gasteiger partial charge in [-0.1, -0.05) is 18.5 Å². The van der Waals surface area contributed by atoms with E-state index in [4.69, 9.17) is 11.6 Å². The lowest BCUT2D eigenvalue weighted by molar-refractivity contribution is -0.136. The molecule has 0 aliphatic heterocycles. The molecule has 1 aromatic heterocycles. The third-order valence-corrected chi connectivity index (χ3v) is 3.67. The summed E-state index contributed by atoms with van der Waals surface area (Å²) < 4.78 is 39.1. The number of carbonyl (C=O) groups is 1. The van der Waals surface area contributed by atoms with Gasteiger partial charge >= 0.3 is 6.18 Å². The van der Waals surface area contributed by atoms with Gasteiger partial charge in [-0.15, -0.1) is 0 Å². The number of aromatic nitrogens is 2. The van der Waals surface area contributed by atoms with Gasteiger partial charge in [-0.3, -0.25) is 4.79 Å². The Balaban J connectivity index is 2.17. The van der Waals surface area contributed by atoms with Gasteiger partial charge in [-0.25, -0.2) is 9.97 Å². The molecule has 134 valence electrons. The number of hydrogen-bond acceptors (Lipinski definition) is 4. The molecule has 0 saturated carbocycles. The first-order chi connectivity index (χ1) is 11.7. The van der Waals surface area contributed by atoms with Crippen molar-refractivity contribution in [2.24, 2.45) is 0 Å². The predicted octanol–water partition coefficient (Wildman–Crippen LogP) is 4.61. The molecule has 0 bridgehead atoms. The average Bonchev–Trinajstić information content (AvgIpc) is 2.56. The van der Waals surface area contributed by atoms with Crippen molar-refractivity contribution >= 4 is 29.1 Å². The van der Waals surface area contributed by atoms with Crippen LogP contribution in [0.2, 0.25) is 5.02 Å².